The molecule has 4 atom stereocenters. The summed E-state index contributed by atoms with van der Waals surface area (Å²) in [6.07, 6.45) is 11.0. The van der Waals surface area contributed by atoms with Crippen LogP contribution in [0.1, 0.15) is 45.6 Å². The molecule has 0 radical (unpaired) electrons. The highest BCUT2D eigenvalue weighted by Gasteiger charge is 2.38. The number of guanidine groups is 1. The Bertz CT molecular complexity index is 495. The van der Waals surface area contributed by atoms with Gasteiger partial charge in [-0.3, -0.25) is 4.99 Å². The third-order valence-electron chi connectivity index (χ3n) is 5.23. The molecular formula is C17H29N5. The first kappa shape index (κ1) is 15.4. The van der Waals surface area contributed by atoms with Crippen molar-refractivity contribution in [3.63, 3.8) is 0 Å². The number of nitrogens with one attached hydrogen (secondary N) is 1. The number of hydrogen-bond donors (Lipinski definition) is 1. The molecule has 1 saturated heterocycles. The van der Waals surface area contributed by atoms with Gasteiger partial charge in [-0.15, -0.1) is 0 Å². The topological polar surface area (TPSA) is 45.5 Å². The minimum absolute atomic E-state index is 0.487. The molecule has 2 heterocycles. The molecule has 1 aliphatic heterocycles. The lowest BCUT2D eigenvalue weighted by Crippen LogP contribution is -2.49. The summed E-state index contributed by atoms with van der Waals surface area (Å²) in [7, 11) is 1.91. The monoisotopic (exact) mass is 303 g/mol. The van der Waals surface area contributed by atoms with Gasteiger partial charge in [0.25, 0.3) is 0 Å². The van der Waals surface area contributed by atoms with Gasteiger partial charge in [-0.25, -0.2) is 4.98 Å². The third-order valence-corrected chi connectivity index (χ3v) is 5.23. The van der Waals surface area contributed by atoms with Crippen LogP contribution in [-0.2, 0) is 0 Å². The Balaban J connectivity index is 1.61. The number of nitrogens with zero attached hydrogens (tertiary/aromatic N) is 4. The minimum atomic E-state index is 0.487. The Morgan fingerprint density at radius 2 is 2.32 bits per heavy atom. The molecule has 22 heavy (non-hydrogen) atoms. The first-order valence-corrected chi connectivity index (χ1v) is 8.68. The van der Waals surface area contributed by atoms with E-state index in [-0.39, 0.29) is 0 Å². The first-order valence-electron chi connectivity index (χ1n) is 8.68. The molecule has 1 aliphatic carbocycles. The highest BCUT2D eigenvalue weighted by Crippen LogP contribution is 2.35. The van der Waals surface area contributed by atoms with Crippen LogP contribution in [-0.4, -0.2) is 46.6 Å². The normalized spacial score (nSPS) is 32.1. The van der Waals surface area contributed by atoms with E-state index in [0.29, 0.717) is 18.0 Å². The van der Waals surface area contributed by atoms with Crippen molar-refractivity contribution in [1.82, 2.24) is 19.8 Å². The van der Waals surface area contributed by atoms with Crippen LogP contribution in [0.25, 0.3) is 0 Å². The molecule has 122 valence electrons. The van der Waals surface area contributed by atoms with Gasteiger partial charge in [-0.1, -0.05) is 20.3 Å². The van der Waals surface area contributed by atoms with Gasteiger partial charge in [-0.2, -0.15) is 0 Å². The Labute approximate surface area is 133 Å². The maximum atomic E-state index is 4.53. The smallest absolute Gasteiger partial charge is 0.193 e. The molecule has 2 fully saturated rings. The van der Waals surface area contributed by atoms with Crippen molar-refractivity contribution < 1.29 is 0 Å². The molecule has 1 aromatic rings. The minimum Gasteiger partial charge on any atom is -0.353 e. The van der Waals surface area contributed by atoms with E-state index in [1.807, 2.05) is 19.6 Å². The van der Waals surface area contributed by atoms with Crippen LogP contribution in [0.15, 0.2) is 23.7 Å². The molecule has 5 nitrogen and oxygen atoms in total. The zero-order valence-electron chi connectivity index (χ0n) is 14.1. The number of aliphatic imine (C=N–C) groups is 1. The van der Waals surface area contributed by atoms with Crippen molar-refractivity contribution >= 4 is 5.96 Å². The van der Waals surface area contributed by atoms with E-state index < -0.39 is 0 Å². The fourth-order valence-electron chi connectivity index (χ4n) is 3.67. The van der Waals surface area contributed by atoms with Gasteiger partial charge in [0.15, 0.2) is 5.96 Å². The van der Waals surface area contributed by atoms with Crippen molar-refractivity contribution in [2.24, 2.45) is 16.8 Å². The molecule has 0 bridgehead atoms. The van der Waals surface area contributed by atoms with Crippen LogP contribution in [0.2, 0.25) is 0 Å². The van der Waals surface area contributed by atoms with Gasteiger partial charge in [0.2, 0.25) is 0 Å². The largest absolute Gasteiger partial charge is 0.353 e. The average molecular weight is 303 g/mol. The quantitative estimate of drug-likeness (QED) is 0.687. The summed E-state index contributed by atoms with van der Waals surface area (Å²) in [4.78, 5) is 11.2. The Morgan fingerprint density at radius 3 is 3.00 bits per heavy atom. The Kier molecular flexibility index (Phi) is 4.69. The molecule has 0 amide bonds. The van der Waals surface area contributed by atoms with Crippen LogP contribution in [0, 0.1) is 11.8 Å². The van der Waals surface area contributed by atoms with Crippen molar-refractivity contribution in [3.8, 4) is 0 Å². The summed E-state index contributed by atoms with van der Waals surface area (Å²) in [5.74, 6) is 2.62. The molecule has 3 rings (SSSR count). The number of likely N-dealkylation sites (tertiary alicyclic amines) is 1. The summed E-state index contributed by atoms with van der Waals surface area (Å²) in [6, 6.07) is 1.13. The average Bonchev–Trinajstić information content (AvgIpc) is 3.02. The maximum absolute atomic E-state index is 4.53. The van der Waals surface area contributed by atoms with Gasteiger partial charge < -0.3 is 14.8 Å². The second-order valence-electron chi connectivity index (χ2n) is 6.87. The number of hydrogen-bond acceptors (Lipinski definition) is 2. The van der Waals surface area contributed by atoms with Crippen LogP contribution in [0.5, 0.6) is 0 Å². The summed E-state index contributed by atoms with van der Waals surface area (Å²) < 4.78 is 2.25. The van der Waals surface area contributed by atoms with Crippen molar-refractivity contribution in [2.45, 2.75) is 51.6 Å². The predicted molar refractivity (Wildman–Crippen MR) is 89.9 cm³/mol. The lowest BCUT2D eigenvalue weighted by atomic mass is 9.93. The number of piperidine rings is 1. The Morgan fingerprint density at radius 1 is 1.45 bits per heavy atom. The van der Waals surface area contributed by atoms with E-state index in [0.717, 1.165) is 25.0 Å². The van der Waals surface area contributed by atoms with Crippen molar-refractivity contribution in [3.05, 3.63) is 18.7 Å². The van der Waals surface area contributed by atoms with E-state index in [2.05, 4.69) is 44.8 Å². The molecule has 5 heteroatoms. The summed E-state index contributed by atoms with van der Waals surface area (Å²) in [5, 5.41) is 3.68. The van der Waals surface area contributed by atoms with Gasteiger partial charge in [0, 0.05) is 38.6 Å². The van der Waals surface area contributed by atoms with E-state index in [4.69, 9.17) is 0 Å². The number of imidazole rings is 1. The Hall–Kier alpha value is -1.52. The molecule has 4 unspecified atom stereocenters. The van der Waals surface area contributed by atoms with Crippen LogP contribution in [0.4, 0.5) is 0 Å². The zero-order chi connectivity index (χ0) is 15.5. The molecule has 0 aromatic carbocycles. The zero-order valence-corrected chi connectivity index (χ0v) is 14.1. The molecule has 1 saturated carbocycles. The highest BCUT2D eigenvalue weighted by atomic mass is 15.3. The third kappa shape index (κ3) is 3.28. The van der Waals surface area contributed by atoms with Crippen LogP contribution in [0.3, 0.4) is 0 Å². The fourth-order valence-corrected chi connectivity index (χ4v) is 3.67. The lowest BCUT2D eigenvalue weighted by Gasteiger charge is -2.39. The predicted octanol–water partition coefficient (Wildman–Crippen LogP) is 2.53. The summed E-state index contributed by atoms with van der Waals surface area (Å²) in [6.45, 7) is 6.72. The van der Waals surface area contributed by atoms with Gasteiger partial charge in [-0.05, 0) is 31.1 Å². The summed E-state index contributed by atoms with van der Waals surface area (Å²) in [5.41, 5.74) is 0. The SMILES string of the molecule is CCCC1CC1NC(=NC)N1CCC(C)C(n2ccnc2)C1. The van der Waals surface area contributed by atoms with Crippen LogP contribution >= 0.6 is 0 Å². The molecule has 2 aliphatic rings. The van der Waals surface area contributed by atoms with Gasteiger partial charge >= 0.3 is 0 Å². The number of rotatable bonds is 4. The van der Waals surface area contributed by atoms with E-state index in [9.17, 15) is 0 Å². The van der Waals surface area contributed by atoms with E-state index >= 15 is 0 Å². The highest BCUT2D eigenvalue weighted by molar-refractivity contribution is 5.80. The molecule has 1 N–H and O–H groups in total. The maximum Gasteiger partial charge on any atom is 0.193 e. The molecular weight excluding hydrogens is 274 g/mol. The fraction of sp³-hybridized carbons (Fsp3) is 0.765. The van der Waals surface area contributed by atoms with E-state index in [1.165, 1.54) is 25.7 Å². The van der Waals surface area contributed by atoms with Crippen molar-refractivity contribution in [2.75, 3.05) is 20.1 Å². The molecule has 1 aromatic heterocycles. The summed E-state index contributed by atoms with van der Waals surface area (Å²) >= 11 is 0. The van der Waals surface area contributed by atoms with Gasteiger partial charge in [0.05, 0.1) is 12.4 Å². The molecule has 0 spiro atoms. The second kappa shape index (κ2) is 6.71. The standard InChI is InChI=1S/C17H29N5/c1-4-5-14-10-15(14)20-17(18-3)21-8-6-13(2)16(11-21)22-9-7-19-12-22/h7,9,12-16H,4-6,8,10-11H2,1-3H3,(H,18,20). The number of aromatic nitrogens is 2. The first-order chi connectivity index (χ1) is 10.7. The van der Waals surface area contributed by atoms with Gasteiger partial charge in [0.1, 0.15) is 0 Å². The van der Waals surface area contributed by atoms with Crippen molar-refractivity contribution in [1.29, 1.82) is 0 Å². The lowest BCUT2D eigenvalue weighted by molar-refractivity contribution is 0.188. The second-order valence-corrected chi connectivity index (χ2v) is 6.87. The van der Waals surface area contributed by atoms with Crippen LogP contribution < -0.4 is 5.32 Å². The van der Waals surface area contributed by atoms with E-state index in [1.54, 1.807) is 0 Å².